The first-order chi connectivity index (χ1) is 16.2. The zero-order chi connectivity index (χ0) is 25.3. The fourth-order valence-electron chi connectivity index (χ4n) is 3.70. The number of aromatic nitrogens is 2. The minimum Gasteiger partial charge on any atom is -0.466 e. The molecule has 1 aliphatic heterocycles. The lowest BCUT2D eigenvalue weighted by molar-refractivity contribution is -0.154. The lowest BCUT2D eigenvalue weighted by Crippen LogP contribution is -2.24. The van der Waals surface area contributed by atoms with E-state index in [-0.39, 0.29) is 18.0 Å². The van der Waals surface area contributed by atoms with Crippen LogP contribution in [0.5, 0.6) is 0 Å². The molecule has 0 radical (unpaired) electrons. The second-order valence-electron chi connectivity index (χ2n) is 8.74. The number of aliphatic hydroxyl groups is 1. The highest BCUT2D eigenvalue weighted by molar-refractivity contribution is 6.05. The van der Waals surface area contributed by atoms with Crippen LogP contribution in [-0.4, -0.2) is 52.6 Å². The molecule has 1 aliphatic rings. The largest absolute Gasteiger partial charge is 0.466 e. The number of benzene rings is 1. The Balaban J connectivity index is 0.000000350. The number of nitrogens with zero attached hydrogens (tertiary/aromatic N) is 3. The van der Waals surface area contributed by atoms with Crippen LogP contribution in [0.25, 0.3) is 22.1 Å². The summed E-state index contributed by atoms with van der Waals surface area (Å²) in [6.45, 7) is 15.4. The summed E-state index contributed by atoms with van der Waals surface area (Å²) in [6, 6.07) is 7.80. The Morgan fingerprint density at radius 1 is 1.18 bits per heavy atom. The van der Waals surface area contributed by atoms with Gasteiger partial charge in [0.05, 0.1) is 12.2 Å². The van der Waals surface area contributed by atoms with E-state index in [4.69, 9.17) is 19.0 Å². The Labute approximate surface area is 202 Å². The van der Waals surface area contributed by atoms with Crippen molar-refractivity contribution in [3.8, 4) is 0 Å². The normalized spacial score (nSPS) is 14.3. The molecular formula is C26H39N3O5. The number of hydrogen-bond donors (Lipinski definition) is 1. The van der Waals surface area contributed by atoms with Gasteiger partial charge in [0, 0.05) is 18.5 Å². The molecule has 0 aliphatic carbocycles. The molecule has 0 amide bonds. The fraction of sp³-hybridized carbons (Fsp3) is 0.577. The molecule has 1 aromatic carbocycles. The number of rotatable bonds is 5. The number of hydrogen-bond acceptors (Lipinski definition) is 8. The second-order valence-corrected chi connectivity index (χ2v) is 8.74. The van der Waals surface area contributed by atoms with Crippen molar-refractivity contribution in [1.82, 2.24) is 9.97 Å². The first-order valence-electron chi connectivity index (χ1n) is 12.1. The van der Waals surface area contributed by atoms with Gasteiger partial charge in [-0.1, -0.05) is 26.0 Å². The van der Waals surface area contributed by atoms with Crippen molar-refractivity contribution in [2.75, 3.05) is 24.6 Å². The molecule has 1 saturated heterocycles. The van der Waals surface area contributed by atoms with Crippen molar-refractivity contribution in [2.45, 2.75) is 79.6 Å². The number of carbonyl (C=O) groups is 1. The van der Waals surface area contributed by atoms with Gasteiger partial charge in [-0.05, 0) is 59.6 Å². The van der Waals surface area contributed by atoms with Crippen LogP contribution < -0.4 is 4.90 Å². The second kappa shape index (κ2) is 12.7. The van der Waals surface area contributed by atoms with Crippen LogP contribution in [0.15, 0.2) is 28.7 Å². The molecule has 188 valence electrons. The minimum absolute atomic E-state index is 0.0735. The van der Waals surface area contributed by atoms with Crippen LogP contribution in [0, 0.1) is 0 Å². The maximum atomic E-state index is 11.8. The Kier molecular flexibility index (Phi) is 10.3. The van der Waals surface area contributed by atoms with E-state index in [0.29, 0.717) is 18.0 Å². The monoisotopic (exact) mass is 473 g/mol. The van der Waals surface area contributed by atoms with Gasteiger partial charge in [0.15, 0.2) is 17.7 Å². The molecule has 0 bridgehead atoms. The summed E-state index contributed by atoms with van der Waals surface area (Å²) in [4.78, 5) is 23.3. The Morgan fingerprint density at radius 2 is 1.82 bits per heavy atom. The molecule has 2 aromatic heterocycles. The first-order valence-corrected chi connectivity index (χ1v) is 12.1. The van der Waals surface area contributed by atoms with Crippen LogP contribution in [0.4, 0.5) is 5.82 Å². The quantitative estimate of drug-likeness (QED) is 0.396. The maximum Gasteiger partial charge on any atom is 0.313 e. The molecular weight excluding hydrogens is 434 g/mol. The third kappa shape index (κ3) is 7.67. The molecule has 0 spiro atoms. The first kappa shape index (κ1) is 27.5. The third-order valence-electron chi connectivity index (χ3n) is 4.79. The standard InChI is InChI=1S/C18H19N3O3.C6H14O2.C2H6/c1-2-23-15(22)11-14-19-16-12-7-3-4-8-13(12)24-17(16)18(20-14)21-9-5-6-10-21;1-5(7)8-6(2,3)4;1-2/h3-4,7-8H,2,5-6,9-11H2,1H3;5,7H,1-4H3;1-2H3. The SMILES string of the molecule is CC.CC(O)OC(C)(C)C.CCOC(=O)Cc1nc(N2CCCC2)c2oc3ccccc3c2n1. The topological polar surface area (TPSA) is 97.9 Å². The van der Waals surface area contributed by atoms with Crippen molar-refractivity contribution < 1.29 is 23.8 Å². The number of carbonyl (C=O) groups excluding carboxylic acids is 1. The van der Waals surface area contributed by atoms with Crippen LogP contribution in [0.1, 0.15) is 67.1 Å². The summed E-state index contributed by atoms with van der Waals surface area (Å²) in [5, 5.41) is 9.61. The molecule has 1 fully saturated rings. The molecule has 8 nitrogen and oxygen atoms in total. The van der Waals surface area contributed by atoms with Crippen LogP contribution in [0.3, 0.4) is 0 Å². The summed E-state index contributed by atoms with van der Waals surface area (Å²) in [5.41, 5.74) is 2.02. The highest BCUT2D eigenvalue weighted by Gasteiger charge is 2.23. The number of ether oxygens (including phenoxy) is 2. The van der Waals surface area contributed by atoms with E-state index in [2.05, 4.69) is 14.9 Å². The molecule has 3 aromatic rings. The third-order valence-corrected chi connectivity index (χ3v) is 4.79. The number of furan rings is 1. The number of para-hydroxylation sites is 1. The van der Waals surface area contributed by atoms with Gasteiger partial charge >= 0.3 is 5.97 Å². The molecule has 3 heterocycles. The average molecular weight is 474 g/mol. The average Bonchev–Trinajstić information content (AvgIpc) is 3.42. The van der Waals surface area contributed by atoms with Crippen LogP contribution in [0.2, 0.25) is 0 Å². The number of esters is 1. The van der Waals surface area contributed by atoms with Crippen LogP contribution in [-0.2, 0) is 20.7 Å². The van der Waals surface area contributed by atoms with Crippen molar-refractivity contribution >= 4 is 33.9 Å². The van der Waals surface area contributed by atoms with E-state index in [1.54, 1.807) is 13.8 Å². The molecule has 8 heteroatoms. The Hall–Kier alpha value is -2.71. The maximum absolute atomic E-state index is 11.8. The molecule has 1 N–H and O–H groups in total. The smallest absolute Gasteiger partial charge is 0.313 e. The van der Waals surface area contributed by atoms with E-state index < -0.39 is 6.29 Å². The van der Waals surface area contributed by atoms with E-state index in [0.717, 1.165) is 48.2 Å². The number of anilines is 1. The molecule has 34 heavy (non-hydrogen) atoms. The molecule has 1 unspecified atom stereocenters. The Morgan fingerprint density at radius 3 is 2.38 bits per heavy atom. The van der Waals surface area contributed by atoms with E-state index in [9.17, 15) is 4.79 Å². The van der Waals surface area contributed by atoms with E-state index in [1.807, 2.05) is 58.9 Å². The molecule has 1 atom stereocenters. The Bertz CT molecular complexity index is 1050. The lowest BCUT2D eigenvalue weighted by Gasteiger charge is -2.21. The lowest BCUT2D eigenvalue weighted by atomic mass is 10.2. The highest BCUT2D eigenvalue weighted by atomic mass is 16.6. The fourth-order valence-corrected chi connectivity index (χ4v) is 3.70. The van der Waals surface area contributed by atoms with Gasteiger partial charge in [0.1, 0.15) is 23.3 Å². The summed E-state index contributed by atoms with van der Waals surface area (Å²) in [5.74, 6) is 0.958. The van der Waals surface area contributed by atoms with Crippen molar-refractivity contribution in [2.24, 2.45) is 0 Å². The molecule has 4 rings (SSSR count). The highest BCUT2D eigenvalue weighted by Crippen LogP contribution is 2.34. The zero-order valence-corrected chi connectivity index (χ0v) is 21.6. The number of fused-ring (bicyclic) bond motifs is 3. The number of aliphatic hydroxyl groups excluding tert-OH is 1. The van der Waals surface area contributed by atoms with Gasteiger partial charge in [-0.2, -0.15) is 0 Å². The van der Waals surface area contributed by atoms with E-state index >= 15 is 0 Å². The predicted octanol–water partition coefficient (Wildman–Crippen LogP) is 5.25. The van der Waals surface area contributed by atoms with Gasteiger partial charge in [-0.3, -0.25) is 4.79 Å². The van der Waals surface area contributed by atoms with Gasteiger partial charge < -0.3 is 23.9 Å². The minimum atomic E-state index is -0.657. The van der Waals surface area contributed by atoms with Crippen molar-refractivity contribution in [3.05, 3.63) is 30.1 Å². The zero-order valence-electron chi connectivity index (χ0n) is 21.6. The van der Waals surface area contributed by atoms with Gasteiger partial charge in [-0.15, -0.1) is 0 Å². The van der Waals surface area contributed by atoms with Gasteiger partial charge in [0.2, 0.25) is 0 Å². The molecule has 0 saturated carbocycles. The summed E-state index contributed by atoms with van der Waals surface area (Å²) < 4.78 is 16.0. The summed E-state index contributed by atoms with van der Waals surface area (Å²) in [7, 11) is 0. The van der Waals surface area contributed by atoms with Crippen molar-refractivity contribution in [3.63, 3.8) is 0 Å². The van der Waals surface area contributed by atoms with Gasteiger partial charge in [-0.25, -0.2) is 9.97 Å². The van der Waals surface area contributed by atoms with E-state index in [1.165, 1.54) is 0 Å². The summed E-state index contributed by atoms with van der Waals surface area (Å²) in [6.07, 6.45) is 1.69. The van der Waals surface area contributed by atoms with Gasteiger partial charge in [0.25, 0.3) is 0 Å². The summed E-state index contributed by atoms with van der Waals surface area (Å²) >= 11 is 0. The van der Waals surface area contributed by atoms with Crippen molar-refractivity contribution in [1.29, 1.82) is 0 Å². The van der Waals surface area contributed by atoms with Crippen LogP contribution >= 0.6 is 0 Å². The predicted molar refractivity (Wildman–Crippen MR) is 135 cm³/mol.